The normalized spacial score (nSPS) is 11.8. The molecule has 1 unspecified atom stereocenters. The second kappa shape index (κ2) is 8.46. The summed E-state index contributed by atoms with van der Waals surface area (Å²) in [5, 5.41) is 0. The van der Waals surface area contributed by atoms with Gasteiger partial charge in [-0.15, -0.1) is 0 Å². The summed E-state index contributed by atoms with van der Waals surface area (Å²) in [6.07, 6.45) is 0.0517. The highest BCUT2D eigenvalue weighted by atomic mass is 16.6. The highest BCUT2D eigenvalue weighted by Crippen LogP contribution is 2.22. The number of nitrogens with zero attached hydrogens (tertiary/aromatic N) is 1. The van der Waals surface area contributed by atoms with E-state index in [9.17, 15) is 4.79 Å². The predicted molar refractivity (Wildman–Crippen MR) is 81.3 cm³/mol. The summed E-state index contributed by atoms with van der Waals surface area (Å²) >= 11 is 0. The first-order chi connectivity index (χ1) is 9.65. The lowest BCUT2D eigenvalue weighted by molar-refractivity contribution is -0.151. The first kappa shape index (κ1) is 16.3. The van der Waals surface area contributed by atoms with Crippen molar-refractivity contribution in [2.45, 2.75) is 40.2 Å². The molecule has 0 radical (unpaired) electrons. The van der Waals surface area contributed by atoms with Crippen molar-refractivity contribution in [3.05, 3.63) is 24.3 Å². The lowest BCUT2D eigenvalue weighted by Crippen LogP contribution is -2.29. The molecule has 0 N–H and O–H groups in total. The summed E-state index contributed by atoms with van der Waals surface area (Å²) in [5.41, 5.74) is 1.10. The van der Waals surface area contributed by atoms with Gasteiger partial charge < -0.3 is 14.4 Å². The molecule has 0 aliphatic carbocycles. The Kier molecular flexibility index (Phi) is 6.91. The smallest absolute Gasteiger partial charge is 0.347 e. The Hall–Kier alpha value is -1.71. The van der Waals surface area contributed by atoms with E-state index in [-0.39, 0.29) is 5.97 Å². The SMILES string of the molecule is CCOC(=O)C(CC)Oc1cccc(N(CC)CC)c1. The third kappa shape index (κ3) is 4.44. The first-order valence-electron chi connectivity index (χ1n) is 7.34. The minimum Gasteiger partial charge on any atom is -0.479 e. The Labute approximate surface area is 121 Å². The minimum absolute atomic E-state index is 0.303. The van der Waals surface area contributed by atoms with Gasteiger partial charge in [-0.05, 0) is 39.3 Å². The van der Waals surface area contributed by atoms with Crippen LogP contribution in [0.4, 0.5) is 5.69 Å². The fourth-order valence-corrected chi connectivity index (χ4v) is 2.04. The second-order valence-corrected chi connectivity index (χ2v) is 4.44. The third-order valence-corrected chi connectivity index (χ3v) is 3.14. The number of esters is 1. The van der Waals surface area contributed by atoms with E-state index >= 15 is 0 Å². The number of rotatable bonds is 8. The van der Waals surface area contributed by atoms with Crippen LogP contribution in [-0.2, 0) is 9.53 Å². The molecule has 0 amide bonds. The quantitative estimate of drug-likeness (QED) is 0.685. The highest BCUT2D eigenvalue weighted by Gasteiger charge is 2.19. The fourth-order valence-electron chi connectivity index (χ4n) is 2.04. The standard InChI is InChI=1S/C16H25NO3/c1-5-15(16(18)19-8-4)20-14-11-9-10-13(12-14)17(6-2)7-3/h9-12,15H,5-8H2,1-4H3. The topological polar surface area (TPSA) is 38.8 Å². The van der Waals surface area contributed by atoms with E-state index in [4.69, 9.17) is 9.47 Å². The van der Waals surface area contributed by atoms with Crippen molar-refractivity contribution in [1.82, 2.24) is 0 Å². The van der Waals surface area contributed by atoms with Crippen molar-refractivity contribution >= 4 is 11.7 Å². The first-order valence-corrected chi connectivity index (χ1v) is 7.34. The van der Waals surface area contributed by atoms with E-state index in [0.29, 0.717) is 18.8 Å². The molecule has 0 aliphatic rings. The van der Waals surface area contributed by atoms with Gasteiger partial charge in [-0.1, -0.05) is 13.0 Å². The fraction of sp³-hybridized carbons (Fsp3) is 0.562. The van der Waals surface area contributed by atoms with Crippen LogP contribution >= 0.6 is 0 Å². The Morgan fingerprint density at radius 3 is 2.45 bits per heavy atom. The maximum Gasteiger partial charge on any atom is 0.347 e. The van der Waals surface area contributed by atoms with Gasteiger partial charge in [-0.25, -0.2) is 4.79 Å². The molecule has 0 aromatic heterocycles. The van der Waals surface area contributed by atoms with Crippen LogP contribution in [0, 0.1) is 0 Å². The van der Waals surface area contributed by atoms with Gasteiger partial charge in [-0.2, -0.15) is 0 Å². The molecular weight excluding hydrogens is 254 g/mol. The maximum absolute atomic E-state index is 11.8. The summed E-state index contributed by atoms with van der Waals surface area (Å²) in [4.78, 5) is 14.0. The molecule has 1 rings (SSSR count). The maximum atomic E-state index is 11.8. The van der Waals surface area contributed by atoms with Crippen LogP contribution in [0.15, 0.2) is 24.3 Å². The summed E-state index contributed by atoms with van der Waals surface area (Å²) in [5.74, 6) is 0.401. The van der Waals surface area contributed by atoms with Crippen LogP contribution in [0.25, 0.3) is 0 Å². The van der Waals surface area contributed by atoms with Crippen molar-refractivity contribution in [2.75, 3.05) is 24.6 Å². The third-order valence-electron chi connectivity index (χ3n) is 3.14. The Morgan fingerprint density at radius 2 is 1.90 bits per heavy atom. The monoisotopic (exact) mass is 279 g/mol. The lowest BCUT2D eigenvalue weighted by atomic mass is 10.2. The summed E-state index contributed by atoms with van der Waals surface area (Å²) in [6.45, 7) is 10.2. The van der Waals surface area contributed by atoms with Crippen LogP contribution < -0.4 is 9.64 Å². The number of hydrogen-bond acceptors (Lipinski definition) is 4. The molecule has 112 valence electrons. The molecule has 0 heterocycles. The van der Waals surface area contributed by atoms with Gasteiger partial charge in [0.15, 0.2) is 6.10 Å². The summed E-state index contributed by atoms with van der Waals surface area (Å²) in [7, 11) is 0. The Morgan fingerprint density at radius 1 is 1.20 bits per heavy atom. The van der Waals surface area contributed by atoms with E-state index in [1.165, 1.54) is 0 Å². The van der Waals surface area contributed by atoms with Crippen LogP contribution in [0.3, 0.4) is 0 Å². The number of ether oxygens (including phenoxy) is 2. The zero-order valence-corrected chi connectivity index (χ0v) is 12.9. The van der Waals surface area contributed by atoms with Gasteiger partial charge in [0.1, 0.15) is 5.75 Å². The van der Waals surface area contributed by atoms with E-state index in [0.717, 1.165) is 18.8 Å². The Bertz CT molecular complexity index is 416. The van der Waals surface area contributed by atoms with Crippen LogP contribution in [0.1, 0.15) is 34.1 Å². The van der Waals surface area contributed by atoms with Crippen LogP contribution in [0.2, 0.25) is 0 Å². The number of carbonyl (C=O) groups excluding carboxylic acids is 1. The number of hydrogen-bond donors (Lipinski definition) is 0. The number of carbonyl (C=O) groups is 1. The van der Waals surface area contributed by atoms with Gasteiger partial charge in [0.2, 0.25) is 0 Å². The average molecular weight is 279 g/mol. The molecule has 1 aromatic carbocycles. The molecule has 0 aliphatic heterocycles. The number of benzene rings is 1. The van der Waals surface area contributed by atoms with Gasteiger partial charge in [0.25, 0.3) is 0 Å². The van der Waals surface area contributed by atoms with E-state index in [1.807, 2.05) is 31.2 Å². The van der Waals surface area contributed by atoms with Crippen molar-refractivity contribution in [1.29, 1.82) is 0 Å². The average Bonchev–Trinajstić information content (AvgIpc) is 2.46. The van der Waals surface area contributed by atoms with Gasteiger partial charge in [0, 0.05) is 24.8 Å². The molecule has 1 atom stereocenters. The second-order valence-electron chi connectivity index (χ2n) is 4.44. The molecule has 0 fully saturated rings. The van der Waals surface area contributed by atoms with Crippen molar-refractivity contribution in [2.24, 2.45) is 0 Å². The zero-order chi connectivity index (χ0) is 15.0. The van der Waals surface area contributed by atoms with E-state index in [2.05, 4.69) is 18.7 Å². The van der Waals surface area contributed by atoms with Crippen LogP contribution in [-0.4, -0.2) is 31.8 Å². The summed E-state index contributed by atoms with van der Waals surface area (Å²) in [6, 6.07) is 7.83. The zero-order valence-electron chi connectivity index (χ0n) is 12.9. The molecule has 0 bridgehead atoms. The van der Waals surface area contributed by atoms with E-state index in [1.54, 1.807) is 6.92 Å². The molecule has 0 spiro atoms. The summed E-state index contributed by atoms with van der Waals surface area (Å²) < 4.78 is 10.8. The Balaban J connectivity index is 2.81. The molecular formula is C16H25NO3. The van der Waals surface area contributed by atoms with Crippen LogP contribution in [0.5, 0.6) is 5.75 Å². The molecule has 0 saturated carbocycles. The van der Waals surface area contributed by atoms with Gasteiger partial charge >= 0.3 is 5.97 Å². The largest absolute Gasteiger partial charge is 0.479 e. The molecule has 4 heteroatoms. The van der Waals surface area contributed by atoms with E-state index < -0.39 is 6.10 Å². The lowest BCUT2D eigenvalue weighted by Gasteiger charge is -2.22. The van der Waals surface area contributed by atoms with Crippen molar-refractivity contribution in [3.63, 3.8) is 0 Å². The molecule has 1 aromatic rings. The number of anilines is 1. The van der Waals surface area contributed by atoms with Crippen molar-refractivity contribution in [3.8, 4) is 5.75 Å². The molecule has 20 heavy (non-hydrogen) atoms. The molecule has 4 nitrogen and oxygen atoms in total. The minimum atomic E-state index is -0.540. The van der Waals surface area contributed by atoms with Gasteiger partial charge in [-0.3, -0.25) is 0 Å². The van der Waals surface area contributed by atoms with Gasteiger partial charge in [0.05, 0.1) is 6.61 Å². The predicted octanol–water partition coefficient (Wildman–Crippen LogP) is 3.25. The van der Waals surface area contributed by atoms with Crippen molar-refractivity contribution < 1.29 is 14.3 Å². The molecule has 0 saturated heterocycles. The highest BCUT2D eigenvalue weighted by molar-refractivity contribution is 5.75.